The lowest BCUT2D eigenvalue weighted by Crippen LogP contribution is -2.17. The van der Waals surface area contributed by atoms with E-state index in [2.05, 4.69) is 278 Å². The quantitative estimate of drug-likeness (QED) is 0.111. The molecule has 0 spiro atoms. The van der Waals surface area contributed by atoms with Gasteiger partial charge in [0, 0.05) is 49.7 Å². The van der Waals surface area contributed by atoms with Crippen LogP contribution in [0.15, 0.2) is 255 Å². The number of anilines is 6. The van der Waals surface area contributed by atoms with E-state index in [1.54, 1.807) is 0 Å². The molecule has 12 aromatic carbocycles. The summed E-state index contributed by atoms with van der Waals surface area (Å²) in [6.45, 7) is 4.79. The molecule has 0 aromatic heterocycles. The summed E-state index contributed by atoms with van der Waals surface area (Å²) in [7, 11) is 0. The summed E-state index contributed by atoms with van der Waals surface area (Å²) in [4.78, 5) is 5.06. The Hall–Kier alpha value is -8.72. The van der Waals surface area contributed by atoms with E-state index in [9.17, 15) is 0 Å². The Morgan fingerprint density at radius 2 is 0.681 bits per heavy atom. The van der Waals surface area contributed by atoms with Crippen LogP contribution in [-0.2, 0) is 5.41 Å². The first-order chi connectivity index (χ1) is 34.0. The molecule has 0 radical (unpaired) electrons. The second-order valence-corrected chi connectivity index (χ2v) is 18.9. The average Bonchev–Trinajstić information content (AvgIpc) is 3.63. The minimum absolute atomic E-state index is 0.230. The van der Waals surface area contributed by atoms with Gasteiger partial charge in [0.25, 0.3) is 0 Å². The molecule has 0 saturated heterocycles. The lowest BCUT2D eigenvalue weighted by Gasteiger charge is -2.34. The van der Waals surface area contributed by atoms with Gasteiger partial charge in [-0.25, -0.2) is 0 Å². The van der Waals surface area contributed by atoms with E-state index in [-0.39, 0.29) is 5.41 Å². The summed E-state index contributed by atoms with van der Waals surface area (Å²) in [6, 6.07) is 94.1. The molecule has 0 amide bonds. The number of hydrogen-bond donors (Lipinski definition) is 0. The maximum absolute atomic E-state index is 2.55. The lowest BCUT2D eigenvalue weighted by atomic mass is 9.81. The third-order valence-corrected chi connectivity index (χ3v) is 14.5. The van der Waals surface area contributed by atoms with Crippen molar-refractivity contribution in [2.45, 2.75) is 19.3 Å². The first-order valence-electron chi connectivity index (χ1n) is 24.0. The van der Waals surface area contributed by atoms with E-state index in [0.717, 1.165) is 44.9 Å². The van der Waals surface area contributed by atoms with Crippen LogP contribution in [0.5, 0.6) is 0 Å². The third kappa shape index (κ3) is 6.79. The van der Waals surface area contributed by atoms with E-state index in [0.29, 0.717) is 0 Å². The van der Waals surface area contributed by atoms with Gasteiger partial charge in [0.15, 0.2) is 0 Å². The fourth-order valence-electron chi connectivity index (χ4n) is 11.2. The van der Waals surface area contributed by atoms with E-state index in [1.807, 2.05) is 0 Å². The molecule has 326 valence electrons. The molecule has 0 heterocycles. The summed E-state index contributed by atoms with van der Waals surface area (Å²) in [5, 5.41) is 9.51. The van der Waals surface area contributed by atoms with Crippen LogP contribution in [0.2, 0.25) is 0 Å². The standard InChI is InChI=1S/C67H48N2/c1-67(2)63-34-16-15-31-57(63)60-43-61-62(44-64(60)67)66(69(56-38-36-48-24-10-12-26-50(48)42-56)54-30-18-28-52(40-54)46-21-7-4-8-22-46)59-33-14-13-32-58(59)65(61)68(55-37-35-47-23-9-11-25-49(47)41-55)53-29-17-27-51(39-53)45-19-5-3-6-20-45/h3-44H,1-2H3. The predicted octanol–water partition coefficient (Wildman–Crippen LogP) is 18.9. The summed E-state index contributed by atoms with van der Waals surface area (Å²) < 4.78 is 0. The molecule has 2 heteroatoms. The molecule has 0 bridgehead atoms. The Balaban J connectivity index is 1.18. The number of nitrogens with zero attached hydrogens (tertiary/aromatic N) is 2. The van der Waals surface area contributed by atoms with E-state index in [4.69, 9.17) is 0 Å². The smallest absolute Gasteiger partial charge is 0.0620 e. The van der Waals surface area contributed by atoms with Crippen LogP contribution >= 0.6 is 0 Å². The van der Waals surface area contributed by atoms with Crippen molar-refractivity contribution in [2.24, 2.45) is 0 Å². The van der Waals surface area contributed by atoms with Crippen LogP contribution in [0.3, 0.4) is 0 Å². The van der Waals surface area contributed by atoms with Gasteiger partial charge in [-0.05, 0) is 127 Å². The number of hydrogen-bond acceptors (Lipinski definition) is 2. The zero-order valence-electron chi connectivity index (χ0n) is 38.6. The van der Waals surface area contributed by atoms with Crippen molar-refractivity contribution < 1.29 is 0 Å². The Morgan fingerprint density at radius 3 is 1.22 bits per heavy atom. The van der Waals surface area contributed by atoms with Crippen LogP contribution in [0, 0.1) is 0 Å². The van der Waals surface area contributed by atoms with Gasteiger partial charge in [0.1, 0.15) is 0 Å². The highest BCUT2D eigenvalue weighted by molar-refractivity contribution is 6.24. The maximum Gasteiger partial charge on any atom is 0.0620 e. The fourth-order valence-corrected chi connectivity index (χ4v) is 11.2. The fraction of sp³-hybridized carbons (Fsp3) is 0.0448. The Morgan fingerprint density at radius 1 is 0.261 bits per heavy atom. The molecule has 0 atom stereocenters. The molecule has 1 aliphatic rings. The second-order valence-electron chi connectivity index (χ2n) is 18.9. The van der Waals surface area contributed by atoms with Crippen molar-refractivity contribution in [2.75, 3.05) is 9.80 Å². The number of rotatable bonds is 8. The molecule has 0 N–H and O–H groups in total. The Labute approximate surface area is 403 Å². The topological polar surface area (TPSA) is 6.48 Å². The SMILES string of the molecule is CC1(C)c2ccccc2-c2cc3c(N(c4cccc(-c5ccccc5)c4)c4ccc5ccccc5c4)c4ccccc4c(N(c4cccc(-c5ccccc5)c4)c4ccc5ccccc5c4)c3cc21. The normalized spacial score (nSPS) is 12.6. The third-order valence-electron chi connectivity index (χ3n) is 14.5. The molecule has 12 aromatic rings. The second kappa shape index (κ2) is 16.3. The monoisotopic (exact) mass is 880 g/mol. The molecular formula is C67H48N2. The van der Waals surface area contributed by atoms with Crippen LogP contribution in [0.1, 0.15) is 25.0 Å². The van der Waals surface area contributed by atoms with Gasteiger partial charge >= 0.3 is 0 Å². The van der Waals surface area contributed by atoms with E-state index in [1.165, 1.54) is 76.8 Å². The van der Waals surface area contributed by atoms with Gasteiger partial charge in [-0.2, -0.15) is 0 Å². The summed E-state index contributed by atoms with van der Waals surface area (Å²) in [5.41, 5.74) is 16.4. The number of fused-ring (bicyclic) bond motifs is 7. The van der Waals surface area contributed by atoms with Crippen molar-refractivity contribution in [3.8, 4) is 33.4 Å². The van der Waals surface area contributed by atoms with Crippen LogP contribution < -0.4 is 9.80 Å². The Bertz CT molecular complexity index is 3940. The lowest BCUT2D eigenvalue weighted by molar-refractivity contribution is 0.661. The number of benzene rings is 12. The summed E-state index contributed by atoms with van der Waals surface area (Å²) in [5.74, 6) is 0. The van der Waals surface area contributed by atoms with Gasteiger partial charge in [0.2, 0.25) is 0 Å². The van der Waals surface area contributed by atoms with Crippen molar-refractivity contribution in [1.29, 1.82) is 0 Å². The molecule has 0 unspecified atom stereocenters. The Kier molecular flexibility index (Phi) is 9.55. The molecular weight excluding hydrogens is 833 g/mol. The van der Waals surface area contributed by atoms with Crippen molar-refractivity contribution in [1.82, 2.24) is 0 Å². The van der Waals surface area contributed by atoms with E-state index < -0.39 is 0 Å². The largest absolute Gasteiger partial charge is 0.309 e. The first-order valence-corrected chi connectivity index (χ1v) is 24.0. The molecule has 2 nitrogen and oxygen atoms in total. The van der Waals surface area contributed by atoms with Crippen LogP contribution in [0.25, 0.3) is 76.5 Å². The summed E-state index contributed by atoms with van der Waals surface area (Å²) in [6.07, 6.45) is 0. The highest BCUT2D eigenvalue weighted by Crippen LogP contribution is 2.56. The van der Waals surface area contributed by atoms with Crippen LogP contribution in [-0.4, -0.2) is 0 Å². The molecule has 0 saturated carbocycles. The molecule has 13 rings (SSSR count). The highest BCUT2D eigenvalue weighted by atomic mass is 15.2. The maximum atomic E-state index is 2.55. The molecule has 69 heavy (non-hydrogen) atoms. The predicted molar refractivity (Wildman–Crippen MR) is 294 cm³/mol. The molecule has 1 aliphatic carbocycles. The van der Waals surface area contributed by atoms with Gasteiger partial charge < -0.3 is 9.80 Å². The van der Waals surface area contributed by atoms with Crippen molar-refractivity contribution in [3.63, 3.8) is 0 Å². The minimum atomic E-state index is -0.230. The molecule has 0 fully saturated rings. The first kappa shape index (κ1) is 40.5. The summed E-state index contributed by atoms with van der Waals surface area (Å²) >= 11 is 0. The van der Waals surface area contributed by atoms with Crippen molar-refractivity contribution >= 4 is 77.2 Å². The average molecular weight is 881 g/mol. The van der Waals surface area contributed by atoms with Crippen molar-refractivity contribution in [3.05, 3.63) is 266 Å². The van der Waals surface area contributed by atoms with Gasteiger partial charge in [-0.15, -0.1) is 0 Å². The van der Waals surface area contributed by atoms with E-state index >= 15 is 0 Å². The van der Waals surface area contributed by atoms with Crippen LogP contribution in [0.4, 0.5) is 34.1 Å². The zero-order chi connectivity index (χ0) is 46.1. The molecule has 0 aliphatic heterocycles. The van der Waals surface area contributed by atoms with Gasteiger partial charge in [-0.3, -0.25) is 0 Å². The minimum Gasteiger partial charge on any atom is -0.309 e. The zero-order valence-corrected chi connectivity index (χ0v) is 38.6. The van der Waals surface area contributed by atoms with Gasteiger partial charge in [-0.1, -0.05) is 208 Å². The highest BCUT2D eigenvalue weighted by Gasteiger charge is 2.37. The van der Waals surface area contributed by atoms with Gasteiger partial charge in [0.05, 0.1) is 11.4 Å².